The predicted molar refractivity (Wildman–Crippen MR) is 96.6 cm³/mol. The molecular formula is C19H14BrF2N3O. The number of β-lactam (4-membered cyclic amide) rings is 1. The quantitative estimate of drug-likeness (QED) is 0.626. The molecule has 2 aliphatic rings. The Balaban J connectivity index is 1.63. The zero-order valence-corrected chi connectivity index (χ0v) is 15.1. The van der Waals surface area contributed by atoms with Crippen LogP contribution in [0.2, 0.25) is 0 Å². The number of hydrogen-bond acceptors (Lipinski definition) is 2. The molecule has 2 heterocycles. The van der Waals surface area contributed by atoms with E-state index in [1.807, 2.05) is 6.07 Å². The number of fused-ring (bicyclic) bond motifs is 1. The molecule has 1 aliphatic heterocycles. The molecule has 5 rings (SSSR count). The van der Waals surface area contributed by atoms with Crippen molar-refractivity contribution in [2.75, 3.05) is 4.90 Å². The normalized spacial score (nSPS) is 22.7. The molecule has 1 saturated carbocycles. The van der Waals surface area contributed by atoms with Crippen LogP contribution in [-0.2, 0) is 4.79 Å². The van der Waals surface area contributed by atoms with Crippen molar-refractivity contribution in [3.8, 4) is 0 Å². The van der Waals surface area contributed by atoms with E-state index in [1.54, 1.807) is 18.5 Å². The molecule has 0 radical (unpaired) electrons. The second kappa shape index (κ2) is 5.61. The molecule has 1 N–H and O–H groups in total. The van der Waals surface area contributed by atoms with Crippen LogP contribution in [0.3, 0.4) is 0 Å². The summed E-state index contributed by atoms with van der Waals surface area (Å²) >= 11 is 3.11. The van der Waals surface area contributed by atoms with Crippen LogP contribution in [0.4, 0.5) is 14.5 Å². The van der Waals surface area contributed by atoms with Gasteiger partial charge in [-0.3, -0.25) is 4.79 Å². The number of nitrogens with zero attached hydrogens (tertiary/aromatic N) is 2. The Bertz CT molecular complexity index is 1020. The molecule has 1 aliphatic carbocycles. The summed E-state index contributed by atoms with van der Waals surface area (Å²) in [6, 6.07) is 7.25. The van der Waals surface area contributed by atoms with Gasteiger partial charge in [0, 0.05) is 15.7 Å². The van der Waals surface area contributed by atoms with Crippen molar-refractivity contribution in [1.29, 1.82) is 0 Å². The van der Waals surface area contributed by atoms with Gasteiger partial charge in [-0.2, -0.15) is 0 Å². The molecular weight excluding hydrogens is 404 g/mol. The molecule has 0 unspecified atom stereocenters. The number of carbonyl (C=O) groups is 1. The monoisotopic (exact) mass is 417 g/mol. The van der Waals surface area contributed by atoms with Gasteiger partial charge in [0.1, 0.15) is 11.6 Å². The van der Waals surface area contributed by atoms with Gasteiger partial charge in [-0.25, -0.2) is 13.8 Å². The Morgan fingerprint density at radius 2 is 1.88 bits per heavy atom. The lowest BCUT2D eigenvalue weighted by Gasteiger charge is -2.48. The van der Waals surface area contributed by atoms with Crippen LogP contribution in [0.25, 0.3) is 11.0 Å². The van der Waals surface area contributed by atoms with E-state index < -0.39 is 17.7 Å². The molecule has 132 valence electrons. The van der Waals surface area contributed by atoms with Gasteiger partial charge in [0.05, 0.1) is 29.3 Å². The van der Waals surface area contributed by atoms with Crippen molar-refractivity contribution in [2.24, 2.45) is 11.8 Å². The van der Waals surface area contributed by atoms with Gasteiger partial charge in [0.15, 0.2) is 0 Å². The minimum Gasteiger partial charge on any atom is -0.345 e. The van der Waals surface area contributed by atoms with Crippen molar-refractivity contribution in [3.63, 3.8) is 0 Å². The second-order valence-electron chi connectivity index (χ2n) is 6.90. The second-order valence-corrected chi connectivity index (χ2v) is 7.82. The largest absolute Gasteiger partial charge is 0.345 e. The average Bonchev–Trinajstić information content (AvgIpc) is 3.28. The van der Waals surface area contributed by atoms with Crippen LogP contribution in [-0.4, -0.2) is 15.9 Å². The van der Waals surface area contributed by atoms with Crippen LogP contribution in [0, 0.1) is 23.5 Å². The Kier molecular flexibility index (Phi) is 3.44. The highest BCUT2D eigenvalue weighted by Gasteiger charge is 2.56. The summed E-state index contributed by atoms with van der Waals surface area (Å²) in [5.41, 5.74) is 2.13. The van der Waals surface area contributed by atoms with Crippen LogP contribution in [0.5, 0.6) is 0 Å². The molecule has 1 amide bonds. The van der Waals surface area contributed by atoms with Gasteiger partial charge in [-0.15, -0.1) is 0 Å². The summed E-state index contributed by atoms with van der Waals surface area (Å²) in [5, 5.41) is 0. The van der Waals surface area contributed by atoms with Crippen molar-refractivity contribution in [2.45, 2.75) is 18.9 Å². The van der Waals surface area contributed by atoms with Gasteiger partial charge in [-0.1, -0.05) is 15.9 Å². The number of halogens is 3. The highest BCUT2D eigenvalue weighted by molar-refractivity contribution is 9.10. The molecule has 7 heteroatoms. The molecule has 3 aromatic rings. The number of amides is 1. The molecule has 2 atom stereocenters. The third-order valence-corrected chi connectivity index (χ3v) is 5.75. The van der Waals surface area contributed by atoms with Gasteiger partial charge in [0.2, 0.25) is 5.91 Å². The summed E-state index contributed by atoms with van der Waals surface area (Å²) in [4.78, 5) is 21.5. The first-order valence-corrected chi connectivity index (χ1v) is 9.24. The number of nitrogens with one attached hydrogen (secondary N) is 1. The summed E-state index contributed by atoms with van der Waals surface area (Å²) < 4.78 is 29.6. The van der Waals surface area contributed by atoms with E-state index in [0.717, 1.165) is 18.4 Å². The number of anilines is 1. The highest BCUT2D eigenvalue weighted by atomic mass is 79.9. The Hall–Kier alpha value is -2.28. The molecule has 1 saturated heterocycles. The summed E-state index contributed by atoms with van der Waals surface area (Å²) in [6.07, 6.45) is 3.43. The number of rotatable bonds is 3. The Labute approximate surface area is 156 Å². The minimum atomic E-state index is -0.633. The highest BCUT2D eigenvalue weighted by Crippen LogP contribution is 2.54. The van der Waals surface area contributed by atoms with Crippen LogP contribution in [0.1, 0.15) is 24.4 Å². The van der Waals surface area contributed by atoms with Gasteiger partial charge in [-0.05, 0) is 49.1 Å². The van der Waals surface area contributed by atoms with Crippen LogP contribution in [0.15, 0.2) is 41.1 Å². The first-order chi connectivity index (χ1) is 12.5. The first-order valence-electron chi connectivity index (χ1n) is 8.45. The number of aromatic amines is 1. The molecule has 0 spiro atoms. The standard InChI is InChI=1S/C19H14BrF2N3O/c20-10-5-12(21)17(13(22)6-10)18-16(9-1-2-9)19(26)25(18)11-3-4-14-15(7-11)24-8-23-14/h3-9,16,18H,1-2H2,(H,23,24)/t16-,18-/m1/s1. The lowest BCUT2D eigenvalue weighted by atomic mass is 9.78. The van der Waals surface area contributed by atoms with E-state index >= 15 is 0 Å². The summed E-state index contributed by atoms with van der Waals surface area (Å²) in [7, 11) is 0. The predicted octanol–water partition coefficient (Wildman–Crippen LogP) is 4.72. The van der Waals surface area contributed by atoms with Crippen LogP contribution < -0.4 is 4.90 Å². The van der Waals surface area contributed by atoms with Crippen LogP contribution >= 0.6 is 15.9 Å². The third kappa shape index (κ3) is 2.30. The fourth-order valence-electron chi connectivity index (χ4n) is 3.93. The zero-order valence-electron chi connectivity index (χ0n) is 13.5. The van der Waals surface area contributed by atoms with E-state index in [-0.39, 0.29) is 23.3 Å². The Morgan fingerprint density at radius 3 is 2.58 bits per heavy atom. The smallest absolute Gasteiger partial charge is 0.233 e. The number of hydrogen-bond donors (Lipinski definition) is 1. The number of benzene rings is 2. The number of H-pyrrole nitrogens is 1. The topological polar surface area (TPSA) is 49.0 Å². The fourth-order valence-corrected chi connectivity index (χ4v) is 4.33. The molecule has 1 aromatic heterocycles. The van der Waals surface area contributed by atoms with E-state index in [4.69, 9.17) is 0 Å². The van der Waals surface area contributed by atoms with Crippen molar-refractivity contribution in [1.82, 2.24) is 9.97 Å². The molecule has 2 fully saturated rings. The maximum atomic E-state index is 14.6. The SMILES string of the molecule is O=C1[C@H](C2CC2)[C@H](c2c(F)cc(Br)cc2F)N1c1ccc2[nH]cnc2c1. The minimum absolute atomic E-state index is 0.0353. The fraction of sp³-hybridized carbons (Fsp3) is 0.263. The van der Waals surface area contributed by atoms with Gasteiger partial charge < -0.3 is 9.88 Å². The van der Waals surface area contributed by atoms with Gasteiger partial charge in [0.25, 0.3) is 0 Å². The lowest BCUT2D eigenvalue weighted by molar-refractivity contribution is -0.131. The number of aromatic nitrogens is 2. The van der Waals surface area contributed by atoms with E-state index in [2.05, 4.69) is 25.9 Å². The Morgan fingerprint density at radius 1 is 1.15 bits per heavy atom. The molecule has 4 nitrogen and oxygen atoms in total. The third-order valence-electron chi connectivity index (χ3n) is 5.29. The lowest BCUT2D eigenvalue weighted by Crippen LogP contribution is -2.56. The van der Waals surface area contributed by atoms with E-state index in [0.29, 0.717) is 15.7 Å². The maximum Gasteiger partial charge on any atom is 0.233 e. The maximum absolute atomic E-state index is 14.6. The summed E-state index contributed by atoms with van der Waals surface area (Å²) in [5.74, 6) is -1.50. The zero-order chi connectivity index (χ0) is 18.0. The molecule has 2 aromatic carbocycles. The van der Waals surface area contributed by atoms with E-state index in [9.17, 15) is 13.6 Å². The van der Waals surface area contributed by atoms with Crippen molar-refractivity contribution < 1.29 is 13.6 Å². The van der Waals surface area contributed by atoms with E-state index in [1.165, 1.54) is 17.0 Å². The average molecular weight is 418 g/mol. The van der Waals surface area contributed by atoms with Crippen molar-refractivity contribution >= 4 is 38.6 Å². The molecule has 0 bridgehead atoms. The number of imidazole rings is 1. The first kappa shape index (κ1) is 15.9. The number of carbonyl (C=O) groups excluding carboxylic acids is 1. The van der Waals surface area contributed by atoms with Crippen molar-refractivity contribution in [3.05, 3.63) is 58.3 Å². The summed E-state index contributed by atoms with van der Waals surface area (Å²) in [6.45, 7) is 0. The molecule has 26 heavy (non-hydrogen) atoms. The van der Waals surface area contributed by atoms with Gasteiger partial charge >= 0.3 is 0 Å².